The van der Waals surface area contributed by atoms with Crippen molar-refractivity contribution in [2.24, 2.45) is 5.73 Å². The number of nitrogens with one attached hydrogen (secondary N) is 1. The number of benzene rings is 1. The van der Waals surface area contributed by atoms with Crippen LogP contribution >= 0.6 is 0 Å². The van der Waals surface area contributed by atoms with E-state index in [0.29, 0.717) is 0 Å². The monoisotopic (exact) mass is 281 g/mol. The normalized spacial score (nSPS) is 11.3. The Morgan fingerprint density at radius 1 is 1.26 bits per heavy atom. The fraction of sp³-hybridized carbons (Fsp3) is 0.0833. The summed E-state index contributed by atoms with van der Waals surface area (Å²) in [7, 11) is -3.80. The molecule has 0 aliphatic rings. The lowest BCUT2D eigenvalue weighted by Crippen LogP contribution is -2.14. The summed E-state index contributed by atoms with van der Waals surface area (Å²) in [5.74, 6) is -0.333. The van der Waals surface area contributed by atoms with Crippen LogP contribution in [-0.2, 0) is 16.6 Å². The van der Waals surface area contributed by atoms with Crippen LogP contribution in [0.15, 0.2) is 47.5 Å². The molecule has 1 heterocycles. The highest BCUT2D eigenvalue weighted by Gasteiger charge is 2.16. The average Bonchev–Trinajstić information content (AvgIpc) is 2.39. The second-order valence-electron chi connectivity index (χ2n) is 3.78. The second kappa shape index (κ2) is 5.33. The third-order valence-electron chi connectivity index (χ3n) is 2.45. The minimum atomic E-state index is -3.80. The summed E-state index contributed by atoms with van der Waals surface area (Å²) in [4.78, 5) is 3.80. The molecule has 2 rings (SSSR count). The zero-order valence-electron chi connectivity index (χ0n) is 9.88. The van der Waals surface area contributed by atoms with E-state index < -0.39 is 15.8 Å². The highest BCUT2D eigenvalue weighted by molar-refractivity contribution is 7.92. The molecule has 0 radical (unpaired) electrons. The van der Waals surface area contributed by atoms with Gasteiger partial charge in [0.2, 0.25) is 0 Å². The van der Waals surface area contributed by atoms with Crippen LogP contribution in [0.4, 0.5) is 10.2 Å². The van der Waals surface area contributed by atoms with E-state index in [2.05, 4.69) is 9.71 Å². The van der Waals surface area contributed by atoms with Crippen LogP contribution in [0.1, 0.15) is 5.56 Å². The Labute approximate surface area is 110 Å². The third kappa shape index (κ3) is 3.07. The molecule has 19 heavy (non-hydrogen) atoms. The summed E-state index contributed by atoms with van der Waals surface area (Å²) in [6.45, 7) is -0.0707. The maximum atomic E-state index is 13.3. The van der Waals surface area contributed by atoms with Crippen molar-refractivity contribution in [2.45, 2.75) is 11.4 Å². The van der Waals surface area contributed by atoms with Gasteiger partial charge in [-0.1, -0.05) is 6.07 Å². The lowest BCUT2D eigenvalue weighted by atomic mass is 10.2. The largest absolute Gasteiger partial charge is 0.326 e. The molecular formula is C12H12FN3O2S. The first kappa shape index (κ1) is 13.4. The van der Waals surface area contributed by atoms with Crippen LogP contribution in [0.5, 0.6) is 0 Å². The van der Waals surface area contributed by atoms with Gasteiger partial charge in [0.1, 0.15) is 11.6 Å². The predicted octanol–water partition coefficient (Wildman–Crippen LogP) is 1.48. The van der Waals surface area contributed by atoms with Crippen molar-refractivity contribution >= 4 is 15.8 Å². The number of rotatable bonds is 4. The molecule has 0 aliphatic heterocycles. The SMILES string of the molecule is NCc1cc(S(=O)(=O)Nc2ccccn2)ccc1F. The molecule has 100 valence electrons. The van der Waals surface area contributed by atoms with Gasteiger partial charge in [0.25, 0.3) is 10.0 Å². The molecule has 1 aromatic heterocycles. The van der Waals surface area contributed by atoms with E-state index >= 15 is 0 Å². The zero-order valence-corrected chi connectivity index (χ0v) is 10.7. The minimum Gasteiger partial charge on any atom is -0.326 e. The summed E-state index contributed by atoms with van der Waals surface area (Å²) >= 11 is 0. The van der Waals surface area contributed by atoms with E-state index in [1.807, 2.05) is 0 Å². The van der Waals surface area contributed by atoms with Crippen LogP contribution in [0.2, 0.25) is 0 Å². The molecule has 2 aromatic rings. The Bertz CT molecular complexity index is 675. The van der Waals surface area contributed by atoms with Gasteiger partial charge in [0.05, 0.1) is 4.90 Å². The Morgan fingerprint density at radius 2 is 2.05 bits per heavy atom. The number of sulfonamides is 1. The summed E-state index contributed by atoms with van der Waals surface area (Å²) in [6.07, 6.45) is 1.47. The van der Waals surface area contributed by atoms with Crippen molar-refractivity contribution in [3.8, 4) is 0 Å². The second-order valence-corrected chi connectivity index (χ2v) is 5.46. The summed E-state index contributed by atoms with van der Waals surface area (Å²) < 4.78 is 39.7. The quantitative estimate of drug-likeness (QED) is 0.889. The average molecular weight is 281 g/mol. The fourth-order valence-electron chi connectivity index (χ4n) is 1.49. The molecule has 0 spiro atoms. The lowest BCUT2D eigenvalue weighted by molar-refractivity contribution is 0.596. The molecule has 0 bridgehead atoms. The van der Waals surface area contributed by atoms with Crippen LogP contribution < -0.4 is 10.5 Å². The molecule has 0 atom stereocenters. The van der Waals surface area contributed by atoms with E-state index in [1.165, 1.54) is 24.4 Å². The zero-order chi connectivity index (χ0) is 13.9. The molecule has 7 heteroatoms. The topological polar surface area (TPSA) is 85.1 Å². The van der Waals surface area contributed by atoms with Gasteiger partial charge in [-0.3, -0.25) is 4.72 Å². The van der Waals surface area contributed by atoms with Crippen LogP contribution in [0.25, 0.3) is 0 Å². The van der Waals surface area contributed by atoms with Crippen LogP contribution in [-0.4, -0.2) is 13.4 Å². The predicted molar refractivity (Wildman–Crippen MR) is 69.3 cm³/mol. The summed E-state index contributed by atoms with van der Waals surface area (Å²) in [5.41, 5.74) is 5.49. The van der Waals surface area contributed by atoms with Crippen molar-refractivity contribution in [1.29, 1.82) is 0 Å². The number of hydrogen-bond acceptors (Lipinski definition) is 4. The molecule has 0 saturated carbocycles. The highest BCUT2D eigenvalue weighted by Crippen LogP contribution is 2.17. The van der Waals surface area contributed by atoms with Gasteiger partial charge in [-0.2, -0.15) is 0 Å². The van der Waals surface area contributed by atoms with Gasteiger partial charge in [-0.25, -0.2) is 17.8 Å². The van der Waals surface area contributed by atoms with E-state index in [1.54, 1.807) is 12.1 Å². The number of nitrogens with two attached hydrogens (primary N) is 1. The van der Waals surface area contributed by atoms with Gasteiger partial charge in [0, 0.05) is 18.3 Å². The number of halogens is 1. The van der Waals surface area contributed by atoms with Crippen LogP contribution in [0, 0.1) is 5.82 Å². The first-order valence-electron chi connectivity index (χ1n) is 5.45. The number of hydrogen-bond donors (Lipinski definition) is 2. The van der Waals surface area contributed by atoms with Gasteiger partial charge < -0.3 is 5.73 Å². The summed E-state index contributed by atoms with van der Waals surface area (Å²) in [5, 5.41) is 0. The molecule has 0 unspecified atom stereocenters. The first-order chi connectivity index (χ1) is 9.03. The third-order valence-corrected chi connectivity index (χ3v) is 3.80. The number of nitrogens with zero attached hydrogens (tertiary/aromatic N) is 1. The van der Waals surface area contributed by atoms with E-state index in [4.69, 9.17) is 5.73 Å². The fourth-order valence-corrected chi connectivity index (χ4v) is 2.55. The molecular weight excluding hydrogens is 269 g/mol. The molecule has 5 nitrogen and oxygen atoms in total. The van der Waals surface area contributed by atoms with Gasteiger partial charge >= 0.3 is 0 Å². The molecule has 0 amide bonds. The summed E-state index contributed by atoms with van der Waals surface area (Å²) in [6, 6.07) is 8.31. The highest BCUT2D eigenvalue weighted by atomic mass is 32.2. The van der Waals surface area contributed by atoms with Crippen molar-refractivity contribution < 1.29 is 12.8 Å². The number of aromatic nitrogens is 1. The Morgan fingerprint density at radius 3 is 2.68 bits per heavy atom. The first-order valence-corrected chi connectivity index (χ1v) is 6.93. The van der Waals surface area contributed by atoms with Crippen LogP contribution in [0.3, 0.4) is 0 Å². The number of anilines is 1. The van der Waals surface area contributed by atoms with E-state index in [0.717, 1.165) is 6.07 Å². The molecule has 1 aromatic carbocycles. The van der Waals surface area contributed by atoms with Crippen molar-refractivity contribution in [3.63, 3.8) is 0 Å². The molecule has 0 fully saturated rings. The minimum absolute atomic E-state index is 0.0556. The van der Waals surface area contributed by atoms with E-state index in [-0.39, 0.29) is 22.8 Å². The smallest absolute Gasteiger partial charge is 0.263 e. The van der Waals surface area contributed by atoms with Gasteiger partial charge in [0.15, 0.2) is 0 Å². The van der Waals surface area contributed by atoms with Crippen molar-refractivity contribution in [3.05, 3.63) is 54.0 Å². The molecule has 0 saturated heterocycles. The van der Waals surface area contributed by atoms with Crippen molar-refractivity contribution in [1.82, 2.24) is 4.98 Å². The maximum absolute atomic E-state index is 13.3. The molecule has 0 aliphatic carbocycles. The number of pyridine rings is 1. The lowest BCUT2D eigenvalue weighted by Gasteiger charge is -2.08. The molecule has 3 N–H and O–H groups in total. The van der Waals surface area contributed by atoms with Gasteiger partial charge in [-0.05, 0) is 30.3 Å². The Balaban J connectivity index is 2.35. The van der Waals surface area contributed by atoms with Crippen molar-refractivity contribution in [2.75, 3.05) is 4.72 Å². The maximum Gasteiger partial charge on any atom is 0.263 e. The Kier molecular flexibility index (Phi) is 3.77. The Hall–Kier alpha value is -1.99. The standard InChI is InChI=1S/C12H12FN3O2S/c13-11-5-4-10(7-9(11)8-14)19(17,18)16-12-3-1-2-6-15-12/h1-7H,8,14H2,(H,15,16). The van der Waals surface area contributed by atoms with Gasteiger partial charge in [-0.15, -0.1) is 0 Å². The van der Waals surface area contributed by atoms with E-state index in [9.17, 15) is 12.8 Å².